The second-order valence-corrected chi connectivity index (χ2v) is 5.58. The molecule has 0 aliphatic rings. The van der Waals surface area contributed by atoms with Crippen molar-refractivity contribution in [1.82, 2.24) is 20.3 Å². The first kappa shape index (κ1) is 15.9. The first-order chi connectivity index (χ1) is 11.8. The summed E-state index contributed by atoms with van der Waals surface area (Å²) < 4.78 is 0. The highest BCUT2D eigenvalue weighted by Gasteiger charge is 2.14. The molecule has 0 bridgehead atoms. The molecule has 3 aromatic rings. The van der Waals surface area contributed by atoms with Crippen molar-refractivity contribution in [3.8, 4) is 5.69 Å². The molecule has 0 radical (unpaired) electrons. The fourth-order valence-corrected chi connectivity index (χ4v) is 2.58. The lowest BCUT2D eigenvalue weighted by Gasteiger charge is -2.15. The Morgan fingerprint density at radius 2 is 1.75 bits per heavy atom. The van der Waals surface area contributed by atoms with Crippen LogP contribution in [0.1, 0.15) is 35.3 Å². The van der Waals surface area contributed by atoms with E-state index < -0.39 is 0 Å². The van der Waals surface area contributed by atoms with Gasteiger partial charge in [-0.25, -0.2) is 0 Å². The van der Waals surface area contributed by atoms with Gasteiger partial charge >= 0.3 is 0 Å². The number of carbonyl (C=O) groups excluding carboxylic acids is 1. The van der Waals surface area contributed by atoms with Crippen LogP contribution < -0.4 is 5.32 Å². The molecule has 0 spiro atoms. The second-order valence-electron chi connectivity index (χ2n) is 5.58. The van der Waals surface area contributed by atoms with Crippen molar-refractivity contribution in [2.75, 3.05) is 6.54 Å². The maximum Gasteiger partial charge on any atom is 0.273 e. The van der Waals surface area contributed by atoms with Gasteiger partial charge in [0.25, 0.3) is 5.91 Å². The predicted molar refractivity (Wildman–Crippen MR) is 93.2 cm³/mol. The van der Waals surface area contributed by atoms with Crippen LogP contribution in [0.25, 0.3) is 5.69 Å². The van der Waals surface area contributed by atoms with Crippen LogP contribution in [0.2, 0.25) is 0 Å². The maximum absolute atomic E-state index is 12.3. The molecule has 0 aliphatic carbocycles. The topological polar surface area (TPSA) is 59.8 Å². The van der Waals surface area contributed by atoms with Gasteiger partial charge in [-0.1, -0.05) is 55.5 Å². The average molecular weight is 320 g/mol. The van der Waals surface area contributed by atoms with Gasteiger partial charge in [0.2, 0.25) is 0 Å². The third kappa shape index (κ3) is 3.68. The van der Waals surface area contributed by atoms with Crippen molar-refractivity contribution in [3.63, 3.8) is 0 Å². The Morgan fingerprint density at radius 1 is 1.08 bits per heavy atom. The van der Waals surface area contributed by atoms with E-state index in [9.17, 15) is 4.79 Å². The standard InChI is InChI=1S/C19H20N4O/c1-2-15(16-9-5-3-6-10-16)13-20-19(24)18-14-21-23(22-18)17-11-7-4-8-12-17/h3-12,14-15H,2,13H2,1H3,(H,20,24)/t15-/m0/s1. The Balaban J connectivity index is 1.64. The van der Waals surface area contributed by atoms with Crippen LogP contribution in [0, 0.1) is 0 Å². The summed E-state index contributed by atoms with van der Waals surface area (Å²) in [5, 5.41) is 11.4. The van der Waals surface area contributed by atoms with Crippen molar-refractivity contribution in [2.24, 2.45) is 0 Å². The highest BCUT2D eigenvalue weighted by molar-refractivity contribution is 5.91. The van der Waals surface area contributed by atoms with E-state index in [-0.39, 0.29) is 5.91 Å². The van der Waals surface area contributed by atoms with Crippen molar-refractivity contribution >= 4 is 5.91 Å². The summed E-state index contributed by atoms with van der Waals surface area (Å²) in [5.41, 5.74) is 2.38. The van der Waals surface area contributed by atoms with Crippen LogP contribution >= 0.6 is 0 Å². The van der Waals surface area contributed by atoms with Crippen LogP contribution in [-0.2, 0) is 0 Å². The van der Waals surface area contributed by atoms with E-state index in [1.54, 1.807) is 0 Å². The SMILES string of the molecule is CC[C@@H](CNC(=O)c1cnn(-c2ccccc2)n1)c1ccccc1. The average Bonchev–Trinajstić information content (AvgIpc) is 3.14. The Morgan fingerprint density at radius 3 is 2.42 bits per heavy atom. The zero-order valence-electron chi connectivity index (χ0n) is 13.6. The molecule has 1 atom stereocenters. The van der Waals surface area contributed by atoms with Crippen molar-refractivity contribution in [3.05, 3.63) is 78.1 Å². The van der Waals surface area contributed by atoms with E-state index in [4.69, 9.17) is 0 Å². The molecule has 0 unspecified atom stereocenters. The first-order valence-electron chi connectivity index (χ1n) is 8.09. The molecule has 1 N–H and O–H groups in total. The number of aromatic nitrogens is 3. The fraction of sp³-hybridized carbons (Fsp3) is 0.211. The van der Waals surface area contributed by atoms with Gasteiger partial charge in [-0.15, -0.1) is 5.10 Å². The summed E-state index contributed by atoms with van der Waals surface area (Å²) >= 11 is 0. The van der Waals surface area contributed by atoms with E-state index in [2.05, 4.69) is 34.6 Å². The fourth-order valence-electron chi connectivity index (χ4n) is 2.58. The van der Waals surface area contributed by atoms with E-state index in [0.717, 1.165) is 12.1 Å². The molecule has 24 heavy (non-hydrogen) atoms. The van der Waals surface area contributed by atoms with Crippen LogP contribution in [0.5, 0.6) is 0 Å². The normalized spacial score (nSPS) is 11.9. The second kappa shape index (κ2) is 7.55. The summed E-state index contributed by atoms with van der Waals surface area (Å²) in [6.45, 7) is 2.70. The molecule has 5 nitrogen and oxygen atoms in total. The van der Waals surface area contributed by atoms with Crippen molar-refractivity contribution in [2.45, 2.75) is 19.3 Å². The molecule has 0 fully saturated rings. The number of amides is 1. The number of hydrogen-bond donors (Lipinski definition) is 1. The number of rotatable bonds is 6. The molecule has 0 aliphatic heterocycles. The molecule has 2 aromatic carbocycles. The molecular formula is C19H20N4O. The van der Waals surface area contributed by atoms with Gasteiger partial charge in [0.15, 0.2) is 5.69 Å². The number of para-hydroxylation sites is 1. The van der Waals surface area contributed by atoms with Crippen LogP contribution in [0.15, 0.2) is 66.9 Å². The molecule has 122 valence electrons. The quantitative estimate of drug-likeness (QED) is 0.759. The highest BCUT2D eigenvalue weighted by atomic mass is 16.2. The number of benzene rings is 2. The lowest BCUT2D eigenvalue weighted by atomic mass is 9.96. The largest absolute Gasteiger partial charge is 0.350 e. The molecule has 1 heterocycles. The summed E-state index contributed by atoms with van der Waals surface area (Å²) in [5.74, 6) is 0.0888. The lowest BCUT2D eigenvalue weighted by molar-refractivity contribution is 0.0945. The minimum atomic E-state index is -0.202. The van der Waals surface area contributed by atoms with Gasteiger partial charge in [0.1, 0.15) is 0 Å². The third-order valence-corrected chi connectivity index (χ3v) is 3.98. The Bertz CT molecular complexity index is 783. The molecule has 1 amide bonds. The Hall–Kier alpha value is -2.95. The van der Waals surface area contributed by atoms with Crippen molar-refractivity contribution < 1.29 is 4.79 Å². The van der Waals surface area contributed by atoms with Crippen LogP contribution in [0.4, 0.5) is 0 Å². The monoisotopic (exact) mass is 320 g/mol. The van der Waals surface area contributed by atoms with Gasteiger partial charge in [-0.3, -0.25) is 4.79 Å². The molecule has 5 heteroatoms. The zero-order chi connectivity index (χ0) is 16.8. The number of nitrogens with zero attached hydrogens (tertiary/aromatic N) is 3. The first-order valence-corrected chi connectivity index (χ1v) is 8.09. The Labute approximate surface area is 141 Å². The van der Waals surface area contributed by atoms with Gasteiger partial charge in [0.05, 0.1) is 11.9 Å². The van der Waals surface area contributed by atoms with Crippen molar-refractivity contribution in [1.29, 1.82) is 0 Å². The highest BCUT2D eigenvalue weighted by Crippen LogP contribution is 2.18. The molecule has 1 aromatic heterocycles. The van der Waals surface area contributed by atoms with Crippen LogP contribution in [0.3, 0.4) is 0 Å². The van der Waals surface area contributed by atoms with Gasteiger partial charge in [-0.2, -0.15) is 9.90 Å². The summed E-state index contributed by atoms with van der Waals surface area (Å²) in [6, 6.07) is 19.7. The minimum Gasteiger partial charge on any atom is -0.350 e. The third-order valence-electron chi connectivity index (χ3n) is 3.98. The van der Waals surface area contributed by atoms with Gasteiger partial charge < -0.3 is 5.32 Å². The zero-order valence-corrected chi connectivity index (χ0v) is 13.6. The molecule has 3 rings (SSSR count). The van der Waals surface area contributed by atoms with E-state index in [1.165, 1.54) is 16.6 Å². The summed E-state index contributed by atoms with van der Waals surface area (Å²) in [7, 11) is 0. The van der Waals surface area contributed by atoms with Crippen LogP contribution in [-0.4, -0.2) is 27.4 Å². The van der Waals surface area contributed by atoms with E-state index in [0.29, 0.717) is 18.2 Å². The van der Waals surface area contributed by atoms with E-state index >= 15 is 0 Å². The minimum absolute atomic E-state index is 0.202. The lowest BCUT2D eigenvalue weighted by Crippen LogP contribution is -2.28. The van der Waals surface area contributed by atoms with Gasteiger partial charge in [0, 0.05) is 12.5 Å². The molecular weight excluding hydrogens is 300 g/mol. The van der Waals surface area contributed by atoms with E-state index in [1.807, 2.05) is 48.5 Å². The summed E-state index contributed by atoms with van der Waals surface area (Å²) in [4.78, 5) is 13.8. The maximum atomic E-state index is 12.3. The number of hydrogen-bond acceptors (Lipinski definition) is 3. The number of nitrogens with one attached hydrogen (secondary N) is 1. The van der Waals surface area contributed by atoms with Gasteiger partial charge in [-0.05, 0) is 24.1 Å². The molecule has 0 saturated heterocycles. The summed E-state index contributed by atoms with van der Waals surface area (Å²) in [6.07, 6.45) is 2.45. The predicted octanol–water partition coefficient (Wildman–Crippen LogP) is 3.19. The number of carbonyl (C=O) groups is 1. The smallest absolute Gasteiger partial charge is 0.273 e. The molecule has 0 saturated carbocycles. The Kier molecular flexibility index (Phi) is 5.01.